The molecule has 0 radical (unpaired) electrons. The Hall–Kier alpha value is -1.66. The molecule has 0 spiro atoms. The quantitative estimate of drug-likeness (QED) is 0.894. The minimum Gasteiger partial charge on any atom is -0.477 e. The van der Waals surface area contributed by atoms with Crippen molar-refractivity contribution in [2.45, 2.75) is 6.92 Å². The van der Waals surface area contributed by atoms with Crippen LogP contribution in [-0.2, 0) is 0 Å². The SMILES string of the molecule is Cc1csc(C(=O)O)c1NC(=O)c1cccc(Br)c1. The van der Waals surface area contributed by atoms with E-state index >= 15 is 0 Å². The number of anilines is 1. The van der Waals surface area contributed by atoms with Crippen molar-refractivity contribution in [1.82, 2.24) is 0 Å². The third kappa shape index (κ3) is 3.02. The van der Waals surface area contributed by atoms with Gasteiger partial charge in [-0.1, -0.05) is 22.0 Å². The number of carboxylic acids is 1. The Bertz CT molecular complexity index is 651. The summed E-state index contributed by atoms with van der Waals surface area (Å²) in [6.45, 7) is 1.76. The Morgan fingerprint density at radius 1 is 1.37 bits per heavy atom. The number of carbonyl (C=O) groups excluding carboxylic acids is 1. The molecular weight excluding hydrogens is 330 g/mol. The maximum atomic E-state index is 12.1. The van der Waals surface area contributed by atoms with Gasteiger partial charge in [-0.25, -0.2) is 4.79 Å². The predicted molar refractivity (Wildman–Crippen MR) is 78.1 cm³/mol. The zero-order chi connectivity index (χ0) is 14.0. The molecule has 0 aliphatic carbocycles. The van der Waals surface area contributed by atoms with Gasteiger partial charge in [0.1, 0.15) is 4.88 Å². The van der Waals surface area contributed by atoms with Gasteiger partial charge in [0, 0.05) is 10.0 Å². The van der Waals surface area contributed by atoms with Gasteiger partial charge in [-0.3, -0.25) is 4.79 Å². The number of aromatic carboxylic acids is 1. The van der Waals surface area contributed by atoms with Crippen LogP contribution in [0.4, 0.5) is 5.69 Å². The second-order valence-electron chi connectivity index (χ2n) is 3.89. The highest BCUT2D eigenvalue weighted by molar-refractivity contribution is 9.10. The van der Waals surface area contributed by atoms with Crippen LogP contribution in [0.15, 0.2) is 34.1 Å². The number of halogens is 1. The number of hydrogen-bond donors (Lipinski definition) is 2. The Labute approximate surface area is 122 Å². The number of hydrogen-bond acceptors (Lipinski definition) is 3. The molecule has 1 aromatic carbocycles. The summed E-state index contributed by atoms with van der Waals surface area (Å²) >= 11 is 4.39. The maximum Gasteiger partial charge on any atom is 0.348 e. The number of carbonyl (C=O) groups is 2. The average Bonchev–Trinajstić information content (AvgIpc) is 2.71. The standard InChI is InChI=1S/C13H10BrNO3S/c1-7-6-19-11(13(17)18)10(7)15-12(16)8-3-2-4-9(14)5-8/h2-6H,1H3,(H,15,16)(H,17,18). The summed E-state index contributed by atoms with van der Waals surface area (Å²) in [5, 5.41) is 13.4. The highest BCUT2D eigenvalue weighted by Crippen LogP contribution is 2.28. The van der Waals surface area contributed by atoms with Crippen LogP contribution in [0.2, 0.25) is 0 Å². The largest absolute Gasteiger partial charge is 0.477 e. The molecule has 4 nitrogen and oxygen atoms in total. The maximum absolute atomic E-state index is 12.1. The summed E-state index contributed by atoms with van der Waals surface area (Å²) in [5.74, 6) is -1.37. The van der Waals surface area contributed by atoms with Crippen LogP contribution >= 0.6 is 27.3 Å². The summed E-state index contributed by atoms with van der Waals surface area (Å²) in [4.78, 5) is 23.3. The van der Waals surface area contributed by atoms with E-state index in [4.69, 9.17) is 5.11 Å². The number of benzene rings is 1. The zero-order valence-electron chi connectivity index (χ0n) is 9.94. The van der Waals surface area contributed by atoms with Crippen molar-refractivity contribution in [2.24, 2.45) is 0 Å². The number of rotatable bonds is 3. The van der Waals surface area contributed by atoms with Crippen LogP contribution in [0.5, 0.6) is 0 Å². The fraction of sp³-hybridized carbons (Fsp3) is 0.0769. The molecule has 0 bridgehead atoms. The van der Waals surface area contributed by atoms with Crippen LogP contribution in [0.25, 0.3) is 0 Å². The van der Waals surface area contributed by atoms with Gasteiger partial charge in [-0.2, -0.15) is 0 Å². The molecule has 0 unspecified atom stereocenters. The minimum atomic E-state index is -1.04. The first kappa shape index (κ1) is 13.8. The summed E-state index contributed by atoms with van der Waals surface area (Å²) in [6.07, 6.45) is 0. The normalized spacial score (nSPS) is 10.2. The number of carboxylic acid groups (broad SMARTS) is 1. The molecule has 0 saturated heterocycles. The van der Waals surface area contributed by atoms with E-state index in [1.165, 1.54) is 0 Å². The molecule has 0 atom stereocenters. The van der Waals surface area contributed by atoms with Gasteiger partial charge in [-0.05, 0) is 36.1 Å². The molecule has 0 aliphatic rings. The number of thiophene rings is 1. The van der Waals surface area contributed by atoms with Crippen molar-refractivity contribution < 1.29 is 14.7 Å². The molecule has 1 aromatic heterocycles. The highest BCUT2D eigenvalue weighted by atomic mass is 79.9. The lowest BCUT2D eigenvalue weighted by Gasteiger charge is -2.06. The van der Waals surface area contributed by atoms with Crippen LogP contribution in [0, 0.1) is 6.92 Å². The van der Waals surface area contributed by atoms with Gasteiger partial charge in [0.15, 0.2) is 0 Å². The first-order chi connectivity index (χ1) is 8.99. The summed E-state index contributed by atoms with van der Waals surface area (Å²) in [6, 6.07) is 6.91. The Kier molecular flexibility index (Phi) is 4.01. The number of nitrogens with one attached hydrogen (secondary N) is 1. The molecule has 0 saturated carbocycles. The molecular formula is C13H10BrNO3S. The van der Waals surface area contributed by atoms with Crippen LogP contribution in [-0.4, -0.2) is 17.0 Å². The fourth-order valence-electron chi connectivity index (χ4n) is 1.57. The predicted octanol–water partition coefficient (Wildman–Crippen LogP) is 3.77. The van der Waals surface area contributed by atoms with Crippen molar-refractivity contribution >= 4 is 44.8 Å². The van der Waals surface area contributed by atoms with Crippen molar-refractivity contribution in [3.63, 3.8) is 0 Å². The van der Waals surface area contributed by atoms with Crippen LogP contribution < -0.4 is 5.32 Å². The first-order valence-corrected chi connectivity index (χ1v) is 7.04. The van der Waals surface area contributed by atoms with Gasteiger partial charge >= 0.3 is 5.97 Å². The summed E-state index contributed by atoms with van der Waals surface area (Å²) < 4.78 is 0.792. The first-order valence-electron chi connectivity index (χ1n) is 5.37. The third-order valence-electron chi connectivity index (χ3n) is 2.49. The second kappa shape index (κ2) is 5.54. The van der Waals surface area contributed by atoms with E-state index in [1.807, 2.05) is 6.07 Å². The van der Waals surface area contributed by atoms with Crippen molar-refractivity contribution in [2.75, 3.05) is 5.32 Å². The van der Waals surface area contributed by atoms with E-state index in [0.29, 0.717) is 11.3 Å². The fourth-order valence-corrected chi connectivity index (χ4v) is 2.81. The molecule has 2 rings (SSSR count). The molecule has 0 fully saturated rings. The second-order valence-corrected chi connectivity index (χ2v) is 5.69. The van der Waals surface area contributed by atoms with Gasteiger partial charge in [-0.15, -0.1) is 11.3 Å². The van der Waals surface area contributed by atoms with Gasteiger partial charge in [0.25, 0.3) is 5.91 Å². The van der Waals surface area contributed by atoms with Gasteiger partial charge in [0.05, 0.1) is 5.69 Å². The van der Waals surface area contributed by atoms with Crippen molar-refractivity contribution in [1.29, 1.82) is 0 Å². The lowest BCUT2D eigenvalue weighted by atomic mass is 10.2. The van der Waals surface area contributed by atoms with Crippen LogP contribution in [0.1, 0.15) is 25.6 Å². The Morgan fingerprint density at radius 3 is 2.74 bits per heavy atom. The lowest BCUT2D eigenvalue weighted by Crippen LogP contribution is -2.14. The van der Waals surface area contributed by atoms with Crippen molar-refractivity contribution in [3.8, 4) is 0 Å². The monoisotopic (exact) mass is 339 g/mol. The average molecular weight is 340 g/mol. The highest BCUT2D eigenvalue weighted by Gasteiger charge is 2.17. The Balaban J connectivity index is 2.29. The summed E-state index contributed by atoms with van der Waals surface area (Å²) in [7, 11) is 0. The van der Waals surface area contributed by atoms with E-state index in [-0.39, 0.29) is 10.8 Å². The Morgan fingerprint density at radius 2 is 2.11 bits per heavy atom. The number of amides is 1. The molecule has 1 heterocycles. The minimum absolute atomic E-state index is 0.140. The third-order valence-corrected chi connectivity index (χ3v) is 4.07. The van der Waals surface area contributed by atoms with Gasteiger partial charge < -0.3 is 10.4 Å². The molecule has 6 heteroatoms. The smallest absolute Gasteiger partial charge is 0.348 e. The molecule has 19 heavy (non-hydrogen) atoms. The van der Waals surface area contributed by atoms with Gasteiger partial charge in [0.2, 0.25) is 0 Å². The molecule has 2 N–H and O–H groups in total. The summed E-state index contributed by atoms with van der Waals surface area (Å²) in [5.41, 5.74) is 1.57. The molecule has 0 aliphatic heterocycles. The van der Waals surface area contributed by atoms with E-state index in [9.17, 15) is 9.59 Å². The molecule has 98 valence electrons. The van der Waals surface area contributed by atoms with E-state index in [0.717, 1.165) is 21.4 Å². The van der Waals surface area contributed by atoms with E-state index in [1.54, 1.807) is 30.5 Å². The topological polar surface area (TPSA) is 66.4 Å². The molecule has 1 amide bonds. The van der Waals surface area contributed by atoms with E-state index < -0.39 is 5.97 Å². The molecule has 2 aromatic rings. The van der Waals surface area contributed by atoms with E-state index in [2.05, 4.69) is 21.2 Å². The lowest BCUT2D eigenvalue weighted by molar-refractivity contribution is 0.0703. The van der Waals surface area contributed by atoms with Crippen LogP contribution in [0.3, 0.4) is 0 Å². The van der Waals surface area contributed by atoms with Crippen molar-refractivity contribution in [3.05, 3.63) is 50.1 Å². The number of aryl methyl sites for hydroxylation is 1. The zero-order valence-corrected chi connectivity index (χ0v) is 12.3.